The van der Waals surface area contributed by atoms with Crippen molar-refractivity contribution in [3.05, 3.63) is 47.8 Å². The third-order valence-electron chi connectivity index (χ3n) is 4.40. The lowest BCUT2D eigenvalue weighted by atomic mass is 10.2. The van der Waals surface area contributed by atoms with Gasteiger partial charge in [-0.1, -0.05) is 31.5 Å². The van der Waals surface area contributed by atoms with E-state index in [2.05, 4.69) is 17.3 Å². The van der Waals surface area contributed by atoms with Crippen LogP contribution in [-0.4, -0.2) is 34.3 Å². The lowest BCUT2D eigenvalue weighted by Crippen LogP contribution is -2.35. The molecule has 0 bridgehead atoms. The van der Waals surface area contributed by atoms with Crippen LogP contribution in [0.1, 0.15) is 61.6 Å². The Morgan fingerprint density at radius 2 is 2.04 bits per heavy atom. The summed E-state index contributed by atoms with van der Waals surface area (Å²) in [6, 6.07) is 11.3. The van der Waals surface area contributed by atoms with Crippen LogP contribution in [0.25, 0.3) is 5.69 Å². The first-order valence-electron chi connectivity index (χ1n) is 9.20. The highest BCUT2D eigenvalue weighted by Crippen LogP contribution is 2.39. The molecule has 1 saturated carbocycles. The molecule has 1 heterocycles. The predicted molar refractivity (Wildman–Crippen MR) is 98.3 cm³/mol. The molecule has 0 aliphatic heterocycles. The van der Waals surface area contributed by atoms with E-state index in [-0.39, 0.29) is 18.6 Å². The first-order chi connectivity index (χ1) is 12.6. The van der Waals surface area contributed by atoms with Crippen molar-refractivity contribution in [3.63, 3.8) is 0 Å². The van der Waals surface area contributed by atoms with E-state index in [1.165, 1.54) is 0 Å². The van der Waals surface area contributed by atoms with Gasteiger partial charge in [0, 0.05) is 12.0 Å². The molecule has 6 heteroatoms. The number of nitrogens with one attached hydrogen (secondary N) is 1. The van der Waals surface area contributed by atoms with Crippen molar-refractivity contribution in [1.82, 2.24) is 15.1 Å². The monoisotopic (exact) mass is 355 g/mol. The molecular formula is C20H25N3O3. The van der Waals surface area contributed by atoms with E-state index < -0.39 is 5.97 Å². The van der Waals surface area contributed by atoms with Gasteiger partial charge in [0.2, 0.25) is 0 Å². The molecule has 6 nitrogen and oxygen atoms in total. The van der Waals surface area contributed by atoms with E-state index >= 15 is 0 Å². The van der Waals surface area contributed by atoms with E-state index in [1.54, 1.807) is 10.7 Å². The minimum atomic E-state index is -0.536. The number of ether oxygens (including phenoxy) is 1. The first kappa shape index (κ1) is 18.2. The molecule has 0 saturated heterocycles. The van der Waals surface area contributed by atoms with Crippen LogP contribution in [0.15, 0.2) is 36.4 Å². The molecule has 0 spiro atoms. The second-order valence-corrected chi connectivity index (χ2v) is 6.81. The minimum absolute atomic E-state index is 0.0718. The van der Waals surface area contributed by atoms with Gasteiger partial charge in [0.1, 0.15) is 0 Å². The minimum Gasteiger partial charge on any atom is -0.451 e. The summed E-state index contributed by atoms with van der Waals surface area (Å²) >= 11 is 0. The maximum Gasteiger partial charge on any atom is 0.357 e. The highest BCUT2D eigenvalue weighted by molar-refractivity contribution is 5.90. The summed E-state index contributed by atoms with van der Waals surface area (Å²) in [6.07, 6.45) is 4.07. The van der Waals surface area contributed by atoms with Gasteiger partial charge in [-0.25, -0.2) is 9.48 Å². The molecule has 1 aliphatic carbocycles. The molecule has 1 N–H and O–H groups in total. The van der Waals surface area contributed by atoms with Crippen LogP contribution in [0, 0.1) is 0 Å². The first-order valence-corrected chi connectivity index (χ1v) is 9.20. The van der Waals surface area contributed by atoms with E-state index in [1.807, 2.05) is 37.3 Å². The van der Waals surface area contributed by atoms with Crippen LogP contribution >= 0.6 is 0 Å². The molecule has 2 aromatic rings. The number of para-hydroxylation sites is 1. The number of aromatic nitrogens is 2. The third kappa shape index (κ3) is 4.50. The smallest absolute Gasteiger partial charge is 0.357 e. The van der Waals surface area contributed by atoms with Crippen molar-refractivity contribution in [2.45, 2.75) is 51.5 Å². The van der Waals surface area contributed by atoms with E-state index in [0.717, 1.165) is 37.1 Å². The van der Waals surface area contributed by atoms with Crippen LogP contribution in [-0.2, 0) is 9.53 Å². The Bertz CT molecular complexity index is 766. The van der Waals surface area contributed by atoms with Gasteiger partial charge >= 0.3 is 5.97 Å². The van der Waals surface area contributed by atoms with Crippen molar-refractivity contribution in [3.8, 4) is 5.69 Å². The molecule has 1 amide bonds. The van der Waals surface area contributed by atoms with Crippen molar-refractivity contribution in [1.29, 1.82) is 0 Å². The lowest BCUT2D eigenvalue weighted by molar-refractivity contribution is -0.124. The summed E-state index contributed by atoms with van der Waals surface area (Å²) < 4.78 is 6.84. The summed E-state index contributed by atoms with van der Waals surface area (Å²) in [5.41, 5.74) is 2.06. The number of benzene rings is 1. The zero-order chi connectivity index (χ0) is 18.5. The Labute approximate surface area is 153 Å². The number of rotatable bonds is 8. The summed E-state index contributed by atoms with van der Waals surface area (Å²) in [4.78, 5) is 24.5. The normalized spacial score (nSPS) is 14.7. The zero-order valence-corrected chi connectivity index (χ0v) is 15.3. The highest BCUT2D eigenvalue weighted by atomic mass is 16.5. The number of amides is 1. The summed E-state index contributed by atoms with van der Waals surface area (Å²) in [7, 11) is 0. The Balaban J connectivity index is 1.69. The fourth-order valence-electron chi connectivity index (χ4n) is 2.92. The van der Waals surface area contributed by atoms with Crippen LogP contribution in [0.3, 0.4) is 0 Å². The third-order valence-corrected chi connectivity index (χ3v) is 4.40. The maximum atomic E-state index is 12.5. The summed E-state index contributed by atoms with van der Waals surface area (Å²) in [5, 5.41) is 7.41. The van der Waals surface area contributed by atoms with Crippen molar-refractivity contribution >= 4 is 11.9 Å². The number of hydrogen-bond donors (Lipinski definition) is 1. The lowest BCUT2D eigenvalue weighted by Gasteiger charge is -2.13. The molecule has 1 atom stereocenters. The van der Waals surface area contributed by atoms with Crippen molar-refractivity contribution in [2.75, 3.05) is 6.61 Å². The fraction of sp³-hybridized carbons (Fsp3) is 0.450. The molecular weight excluding hydrogens is 330 g/mol. The van der Waals surface area contributed by atoms with Crippen LogP contribution in [0.4, 0.5) is 0 Å². The van der Waals surface area contributed by atoms with Gasteiger partial charge in [-0.15, -0.1) is 0 Å². The maximum absolute atomic E-state index is 12.5. The van der Waals surface area contributed by atoms with Crippen LogP contribution in [0.5, 0.6) is 0 Å². The summed E-state index contributed by atoms with van der Waals surface area (Å²) in [5.74, 6) is -0.399. The van der Waals surface area contributed by atoms with Crippen LogP contribution in [0.2, 0.25) is 0 Å². The molecule has 0 unspecified atom stereocenters. The molecule has 138 valence electrons. The van der Waals surface area contributed by atoms with Gasteiger partial charge in [-0.3, -0.25) is 4.79 Å². The average molecular weight is 355 g/mol. The number of carbonyl (C=O) groups is 2. The molecule has 1 aromatic carbocycles. The predicted octanol–water partition coefficient (Wildman–Crippen LogP) is 3.21. The number of esters is 1. The van der Waals surface area contributed by atoms with Gasteiger partial charge in [0.05, 0.1) is 11.4 Å². The van der Waals surface area contributed by atoms with Gasteiger partial charge < -0.3 is 10.1 Å². The number of carbonyl (C=O) groups excluding carboxylic acids is 2. The van der Waals surface area contributed by atoms with Crippen LogP contribution < -0.4 is 5.32 Å². The van der Waals surface area contributed by atoms with Gasteiger partial charge in [0.25, 0.3) is 5.91 Å². The number of nitrogens with zero attached hydrogens (tertiary/aromatic N) is 2. The Hall–Kier alpha value is -2.63. The number of hydrogen-bond acceptors (Lipinski definition) is 4. The Morgan fingerprint density at radius 3 is 2.69 bits per heavy atom. The average Bonchev–Trinajstić information content (AvgIpc) is 3.39. The van der Waals surface area contributed by atoms with Gasteiger partial charge in [-0.05, 0) is 44.4 Å². The largest absolute Gasteiger partial charge is 0.451 e. The molecule has 1 fully saturated rings. The highest BCUT2D eigenvalue weighted by Gasteiger charge is 2.29. The van der Waals surface area contributed by atoms with E-state index in [4.69, 9.17) is 4.74 Å². The van der Waals surface area contributed by atoms with E-state index in [0.29, 0.717) is 11.6 Å². The van der Waals surface area contributed by atoms with Gasteiger partial charge in [-0.2, -0.15) is 5.10 Å². The molecule has 1 aliphatic rings. The summed E-state index contributed by atoms with van der Waals surface area (Å²) in [6.45, 7) is 3.71. The molecule has 1 aromatic heterocycles. The van der Waals surface area contributed by atoms with Crippen molar-refractivity contribution in [2.24, 2.45) is 0 Å². The van der Waals surface area contributed by atoms with Gasteiger partial charge in [0.15, 0.2) is 12.3 Å². The Morgan fingerprint density at radius 1 is 1.31 bits per heavy atom. The standard InChI is InChI=1S/C20H25N3O3/c1-3-7-14(2)21-19(24)13-26-20(25)18-12-17(15-10-11-15)22-23(18)16-8-5-4-6-9-16/h4-6,8-9,12,14-15H,3,7,10-11,13H2,1-2H3,(H,21,24)/t14-/m1/s1. The molecule has 3 rings (SSSR count). The topological polar surface area (TPSA) is 73.2 Å². The molecule has 0 radical (unpaired) electrons. The molecule has 26 heavy (non-hydrogen) atoms. The quantitative estimate of drug-likeness (QED) is 0.738. The fourth-order valence-corrected chi connectivity index (χ4v) is 2.92. The van der Waals surface area contributed by atoms with E-state index in [9.17, 15) is 9.59 Å². The SMILES string of the molecule is CCC[C@@H](C)NC(=O)COC(=O)c1cc(C2CC2)nn1-c1ccccc1. The van der Waals surface area contributed by atoms with Crippen molar-refractivity contribution < 1.29 is 14.3 Å². The zero-order valence-electron chi connectivity index (χ0n) is 15.3. The second kappa shape index (κ2) is 8.17. The Kier molecular flexibility index (Phi) is 5.71. The second-order valence-electron chi connectivity index (χ2n) is 6.81.